The van der Waals surface area contributed by atoms with Gasteiger partial charge in [-0.25, -0.2) is 9.67 Å². The Morgan fingerprint density at radius 1 is 1.35 bits per heavy atom. The van der Waals surface area contributed by atoms with Crippen LogP contribution in [-0.4, -0.2) is 19.7 Å². The van der Waals surface area contributed by atoms with Crippen molar-refractivity contribution in [2.75, 3.05) is 0 Å². The molecule has 1 aliphatic rings. The highest BCUT2D eigenvalue weighted by molar-refractivity contribution is 5.17. The van der Waals surface area contributed by atoms with Crippen molar-refractivity contribution < 1.29 is 0 Å². The quantitative estimate of drug-likeness (QED) is 0.852. The standard InChI is InChI=1S/C12H14N4O/c17-11-8-10(9-4-1-2-5-9)14-12(15-11)16-7-3-6-13-16/h3,6-9H,1-2,4-5H2,(H,14,15,17). The van der Waals surface area contributed by atoms with Crippen molar-refractivity contribution in [3.8, 4) is 5.95 Å². The monoisotopic (exact) mass is 230 g/mol. The third-order valence-electron chi connectivity index (χ3n) is 3.24. The van der Waals surface area contributed by atoms with Crippen molar-refractivity contribution in [1.82, 2.24) is 19.7 Å². The lowest BCUT2D eigenvalue weighted by atomic mass is 10.0. The van der Waals surface area contributed by atoms with E-state index in [0.717, 1.165) is 18.5 Å². The zero-order chi connectivity index (χ0) is 11.7. The van der Waals surface area contributed by atoms with Crippen molar-refractivity contribution in [3.63, 3.8) is 0 Å². The molecule has 5 heteroatoms. The Labute approximate surface area is 98.5 Å². The smallest absolute Gasteiger partial charge is 0.252 e. The third-order valence-corrected chi connectivity index (χ3v) is 3.24. The van der Waals surface area contributed by atoms with Crippen LogP contribution in [0.2, 0.25) is 0 Å². The summed E-state index contributed by atoms with van der Waals surface area (Å²) in [4.78, 5) is 18.8. The number of hydrogen-bond donors (Lipinski definition) is 1. The van der Waals surface area contributed by atoms with E-state index < -0.39 is 0 Å². The van der Waals surface area contributed by atoms with Gasteiger partial charge in [0.1, 0.15) is 0 Å². The Bertz CT molecular complexity index is 552. The zero-order valence-electron chi connectivity index (χ0n) is 9.47. The van der Waals surface area contributed by atoms with Gasteiger partial charge >= 0.3 is 0 Å². The number of aromatic amines is 1. The second kappa shape index (κ2) is 4.16. The molecule has 2 aromatic rings. The van der Waals surface area contributed by atoms with Gasteiger partial charge in [-0.2, -0.15) is 5.10 Å². The van der Waals surface area contributed by atoms with Crippen LogP contribution >= 0.6 is 0 Å². The lowest BCUT2D eigenvalue weighted by Crippen LogP contribution is -2.15. The molecule has 0 saturated heterocycles. The van der Waals surface area contributed by atoms with Gasteiger partial charge < -0.3 is 0 Å². The largest absolute Gasteiger partial charge is 0.291 e. The minimum Gasteiger partial charge on any atom is -0.291 e. The molecule has 0 spiro atoms. The van der Waals surface area contributed by atoms with Crippen LogP contribution in [0.15, 0.2) is 29.3 Å². The van der Waals surface area contributed by atoms with E-state index in [1.165, 1.54) is 12.8 Å². The van der Waals surface area contributed by atoms with Gasteiger partial charge in [-0.3, -0.25) is 9.78 Å². The number of aromatic nitrogens is 4. The van der Waals surface area contributed by atoms with Gasteiger partial charge in [0.15, 0.2) is 0 Å². The van der Waals surface area contributed by atoms with Crippen LogP contribution in [0, 0.1) is 0 Å². The number of nitrogens with zero attached hydrogens (tertiary/aromatic N) is 3. The van der Waals surface area contributed by atoms with E-state index in [1.807, 2.05) is 6.07 Å². The molecule has 1 fully saturated rings. The predicted molar refractivity (Wildman–Crippen MR) is 63.2 cm³/mol. The van der Waals surface area contributed by atoms with E-state index in [-0.39, 0.29) is 5.56 Å². The van der Waals surface area contributed by atoms with Crippen molar-refractivity contribution >= 4 is 0 Å². The highest BCUT2D eigenvalue weighted by atomic mass is 16.1. The molecule has 3 rings (SSSR count). The molecule has 0 amide bonds. The first-order chi connectivity index (χ1) is 8.33. The highest BCUT2D eigenvalue weighted by Crippen LogP contribution is 2.32. The maximum absolute atomic E-state index is 11.6. The number of H-pyrrole nitrogens is 1. The minimum absolute atomic E-state index is 0.104. The minimum atomic E-state index is -0.104. The first-order valence-corrected chi connectivity index (χ1v) is 5.94. The molecule has 2 aromatic heterocycles. The van der Waals surface area contributed by atoms with Gasteiger partial charge in [0.2, 0.25) is 5.95 Å². The van der Waals surface area contributed by atoms with E-state index in [4.69, 9.17) is 0 Å². The van der Waals surface area contributed by atoms with Gasteiger partial charge in [-0.15, -0.1) is 0 Å². The predicted octanol–water partition coefficient (Wildman–Crippen LogP) is 1.61. The summed E-state index contributed by atoms with van der Waals surface area (Å²) in [6.07, 6.45) is 8.18. The van der Waals surface area contributed by atoms with Gasteiger partial charge in [0.05, 0.1) is 5.69 Å². The zero-order valence-corrected chi connectivity index (χ0v) is 9.47. The fraction of sp³-hybridized carbons (Fsp3) is 0.417. The Balaban J connectivity index is 2.03. The van der Waals surface area contributed by atoms with E-state index in [2.05, 4.69) is 15.1 Å². The summed E-state index contributed by atoms with van der Waals surface area (Å²) in [6.45, 7) is 0. The topological polar surface area (TPSA) is 63.6 Å². The van der Waals surface area contributed by atoms with Crippen molar-refractivity contribution in [3.05, 3.63) is 40.6 Å². The molecule has 1 saturated carbocycles. The van der Waals surface area contributed by atoms with Crippen molar-refractivity contribution in [1.29, 1.82) is 0 Å². The maximum atomic E-state index is 11.6. The molecule has 88 valence electrons. The number of hydrogen-bond acceptors (Lipinski definition) is 3. The van der Waals surface area contributed by atoms with Crippen LogP contribution in [0.5, 0.6) is 0 Å². The van der Waals surface area contributed by atoms with Crippen LogP contribution < -0.4 is 5.56 Å². The maximum Gasteiger partial charge on any atom is 0.252 e. The summed E-state index contributed by atoms with van der Waals surface area (Å²) in [5.41, 5.74) is 0.796. The van der Waals surface area contributed by atoms with E-state index >= 15 is 0 Å². The molecule has 0 aromatic carbocycles. The molecule has 1 N–H and O–H groups in total. The average molecular weight is 230 g/mol. The fourth-order valence-corrected chi connectivity index (χ4v) is 2.40. The fourth-order valence-electron chi connectivity index (χ4n) is 2.40. The van der Waals surface area contributed by atoms with Gasteiger partial charge in [-0.1, -0.05) is 12.8 Å². The highest BCUT2D eigenvalue weighted by Gasteiger charge is 2.19. The van der Waals surface area contributed by atoms with Crippen LogP contribution in [0.3, 0.4) is 0 Å². The Hall–Kier alpha value is -1.91. The summed E-state index contributed by atoms with van der Waals surface area (Å²) in [6, 6.07) is 3.42. The van der Waals surface area contributed by atoms with E-state index in [0.29, 0.717) is 11.9 Å². The van der Waals surface area contributed by atoms with Crippen molar-refractivity contribution in [2.45, 2.75) is 31.6 Å². The average Bonchev–Trinajstić information content (AvgIpc) is 3.02. The molecule has 0 atom stereocenters. The first-order valence-electron chi connectivity index (χ1n) is 5.94. The molecular formula is C12H14N4O. The molecule has 2 heterocycles. The van der Waals surface area contributed by atoms with Gasteiger partial charge in [-0.05, 0) is 18.9 Å². The lowest BCUT2D eigenvalue weighted by molar-refractivity contribution is 0.677. The Kier molecular flexibility index (Phi) is 2.51. The molecule has 1 aliphatic carbocycles. The first kappa shape index (κ1) is 10.3. The van der Waals surface area contributed by atoms with Crippen LogP contribution in [0.4, 0.5) is 0 Å². The van der Waals surface area contributed by atoms with E-state index in [1.54, 1.807) is 23.1 Å². The lowest BCUT2D eigenvalue weighted by Gasteiger charge is -2.09. The third kappa shape index (κ3) is 2.00. The molecule has 17 heavy (non-hydrogen) atoms. The second-order valence-electron chi connectivity index (χ2n) is 4.43. The normalized spacial score (nSPS) is 16.5. The molecular weight excluding hydrogens is 216 g/mol. The summed E-state index contributed by atoms with van der Waals surface area (Å²) < 4.78 is 1.58. The summed E-state index contributed by atoms with van der Waals surface area (Å²) >= 11 is 0. The second-order valence-corrected chi connectivity index (χ2v) is 4.43. The summed E-state index contributed by atoms with van der Waals surface area (Å²) in [5, 5.41) is 4.08. The molecule has 0 aliphatic heterocycles. The molecule has 0 bridgehead atoms. The van der Waals surface area contributed by atoms with Crippen LogP contribution in [0.25, 0.3) is 5.95 Å². The Morgan fingerprint density at radius 2 is 2.18 bits per heavy atom. The van der Waals surface area contributed by atoms with Gasteiger partial charge in [0, 0.05) is 24.4 Å². The molecule has 0 radical (unpaired) electrons. The Morgan fingerprint density at radius 3 is 2.88 bits per heavy atom. The molecule has 0 unspecified atom stereocenters. The molecule has 5 nitrogen and oxygen atoms in total. The SMILES string of the molecule is O=c1cc(C2CCCC2)nc(-n2cccn2)[nH]1. The number of rotatable bonds is 2. The van der Waals surface area contributed by atoms with Gasteiger partial charge in [0.25, 0.3) is 5.56 Å². The van der Waals surface area contributed by atoms with Crippen molar-refractivity contribution in [2.24, 2.45) is 0 Å². The van der Waals surface area contributed by atoms with Crippen LogP contribution in [-0.2, 0) is 0 Å². The summed E-state index contributed by atoms with van der Waals surface area (Å²) in [5.74, 6) is 0.941. The van der Waals surface area contributed by atoms with E-state index in [9.17, 15) is 4.79 Å². The number of nitrogens with one attached hydrogen (secondary N) is 1. The summed E-state index contributed by atoms with van der Waals surface area (Å²) in [7, 11) is 0. The van der Waals surface area contributed by atoms with Crippen LogP contribution in [0.1, 0.15) is 37.3 Å².